The summed E-state index contributed by atoms with van der Waals surface area (Å²) in [5.41, 5.74) is 2.76. The Hall–Kier alpha value is -1.74. The molecule has 2 heterocycles. The number of benzene rings is 1. The van der Waals surface area contributed by atoms with Crippen molar-refractivity contribution in [1.29, 1.82) is 0 Å². The molecular weight excluding hydrogens is 212 g/mol. The van der Waals surface area contributed by atoms with Crippen molar-refractivity contribution >= 4 is 22.6 Å². The van der Waals surface area contributed by atoms with Crippen molar-refractivity contribution in [2.45, 2.75) is 0 Å². The first-order chi connectivity index (χ1) is 7.33. The number of fused-ring (bicyclic) bond motifs is 1. The van der Waals surface area contributed by atoms with Crippen molar-refractivity contribution in [2.75, 3.05) is 0 Å². The summed E-state index contributed by atoms with van der Waals surface area (Å²) in [6.45, 7) is 0. The van der Waals surface area contributed by atoms with Gasteiger partial charge in [-0.3, -0.25) is 0 Å². The summed E-state index contributed by atoms with van der Waals surface area (Å²) in [6, 6.07) is 7.43. The van der Waals surface area contributed by atoms with Gasteiger partial charge in [0.1, 0.15) is 12.1 Å². The zero-order valence-electron chi connectivity index (χ0n) is 7.70. The smallest absolute Gasteiger partial charge is 0.141 e. The van der Waals surface area contributed by atoms with Crippen LogP contribution in [0.15, 0.2) is 41.2 Å². The van der Waals surface area contributed by atoms with Crippen LogP contribution in [0.3, 0.4) is 0 Å². The third kappa shape index (κ3) is 1.41. The second kappa shape index (κ2) is 3.14. The molecule has 2 aromatic heterocycles. The van der Waals surface area contributed by atoms with Crippen LogP contribution in [0.25, 0.3) is 22.4 Å². The number of H-pyrrole nitrogens is 1. The van der Waals surface area contributed by atoms with Crippen LogP contribution < -0.4 is 0 Å². The van der Waals surface area contributed by atoms with Crippen molar-refractivity contribution in [1.82, 2.24) is 9.97 Å². The van der Waals surface area contributed by atoms with E-state index in [1.165, 1.54) is 0 Å². The molecule has 74 valence electrons. The minimum Gasteiger partial charge on any atom is -0.472 e. The van der Waals surface area contributed by atoms with Crippen molar-refractivity contribution in [2.24, 2.45) is 0 Å². The molecule has 0 fully saturated rings. The monoisotopic (exact) mass is 218 g/mol. The number of hydrogen-bond acceptors (Lipinski definition) is 2. The van der Waals surface area contributed by atoms with Gasteiger partial charge in [-0.25, -0.2) is 4.98 Å². The highest BCUT2D eigenvalue weighted by Gasteiger charge is 2.05. The predicted octanol–water partition coefficient (Wildman–Crippen LogP) is 3.48. The quantitative estimate of drug-likeness (QED) is 0.680. The van der Waals surface area contributed by atoms with Gasteiger partial charge < -0.3 is 9.40 Å². The molecule has 0 unspecified atom stereocenters. The molecule has 1 N–H and O–H groups in total. The van der Waals surface area contributed by atoms with Crippen molar-refractivity contribution < 1.29 is 4.42 Å². The number of nitrogens with one attached hydrogen (secondary N) is 1. The average molecular weight is 219 g/mol. The molecular formula is C11H7ClN2O. The molecule has 0 aliphatic carbocycles. The summed E-state index contributed by atoms with van der Waals surface area (Å²) < 4.78 is 5.00. The summed E-state index contributed by atoms with van der Waals surface area (Å²) in [5.74, 6) is 0.793. The van der Waals surface area contributed by atoms with E-state index in [1.54, 1.807) is 12.5 Å². The van der Waals surface area contributed by atoms with Gasteiger partial charge in [0, 0.05) is 5.02 Å². The van der Waals surface area contributed by atoms with Crippen LogP contribution >= 0.6 is 11.6 Å². The van der Waals surface area contributed by atoms with Crippen molar-refractivity contribution in [3.05, 3.63) is 41.8 Å². The number of hydrogen-bond donors (Lipinski definition) is 1. The molecule has 3 aromatic rings. The highest BCUT2D eigenvalue weighted by Crippen LogP contribution is 2.22. The van der Waals surface area contributed by atoms with Crippen LogP contribution in [-0.2, 0) is 0 Å². The van der Waals surface area contributed by atoms with E-state index in [0.29, 0.717) is 5.02 Å². The predicted molar refractivity (Wildman–Crippen MR) is 58.8 cm³/mol. The van der Waals surface area contributed by atoms with Gasteiger partial charge in [-0.15, -0.1) is 0 Å². The Bertz CT molecular complexity index is 598. The van der Waals surface area contributed by atoms with Gasteiger partial charge in [0.05, 0.1) is 22.9 Å². The number of rotatable bonds is 1. The van der Waals surface area contributed by atoms with Gasteiger partial charge in [-0.2, -0.15) is 0 Å². The van der Waals surface area contributed by atoms with Gasteiger partial charge in [-0.1, -0.05) is 11.6 Å². The third-order valence-corrected chi connectivity index (χ3v) is 2.47. The molecule has 0 radical (unpaired) electrons. The van der Waals surface area contributed by atoms with Crippen LogP contribution in [0.1, 0.15) is 0 Å². The van der Waals surface area contributed by atoms with E-state index < -0.39 is 0 Å². The molecule has 3 rings (SSSR count). The minimum atomic E-state index is 0.699. The van der Waals surface area contributed by atoms with Gasteiger partial charge in [0.2, 0.25) is 0 Å². The molecule has 0 saturated carbocycles. The maximum atomic E-state index is 5.89. The minimum absolute atomic E-state index is 0.699. The Kier molecular flexibility index (Phi) is 1.79. The molecule has 0 aliphatic rings. The number of halogens is 1. The number of aromatic amines is 1. The summed E-state index contributed by atoms with van der Waals surface area (Å²) in [6.07, 6.45) is 3.27. The fraction of sp³-hybridized carbons (Fsp3) is 0. The molecule has 3 nitrogen and oxygen atoms in total. The fourth-order valence-corrected chi connectivity index (χ4v) is 1.69. The molecule has 0 spiro atoms. The van der Waals surface area contributed by atoms with Crippen molar-refractivity contribution in [3.8, 4) is 11.4 Å². The number of nitrogens with zero attached hydrogens (tertiary/aromatic N) is 1. The average Bonchev–Trinajstić information content (AvgIpc) is 2.84. The van der Waals surface area contributed by atoms with Gasteiger partial charge >= 0.3 is 0 Å². The molecule has 1 aromatic carbocycles. The van der Waals surface area contributed by atoms with Crippen LogP contribution in [0.5, 0.6) is 0 Å². The number of imidazole rings is 1. The third-order valence-electron chi connectivity index (χ3n) is 2.24. The van der Waals surface area contributed by atoms with E-state index in [2.05, 4.69) is 9.97 Å². The van der Waals surface area contributed by atoms with E-state index in [9.17, 15) is 0 Å². The van der Waals surface area contributed by atoms with E-state index in [0.717, 1.165) is 22.4 Å². The van der Waals surface area contributed by atoms with E-state index >= 15 is 0 Å². The topological polar surface area (TPSA) is 41.8 Å². The maximum absolute atomic E-state index is 5.89. The second-order valence-corrected chi connectivity index (χ2v) is 3.70. The largest absolute Gasteiger partial charge is 0.472 e. The van der Waals surface area contributed by atoms with Gasteiger partial charge in [-0.05, 0) is 24.3 Å². The zero-order chi connectivity index (χ0) is 10.3. The molecule has 0 bridgehead atoms. The van der Waals surface area contributed by atoms with Crippen LogP contribution in [-0.4, -0.2) is 9.97 Å². The Labute approximate surface area is 90.7 Å². The summed E-state index contributed by atoms with van der Waals surface area (Å²) in [4.78, 5) is 7.61. The van der Waals surface area contributed by atoms with Crippen LogP contribution in [0.4, 0.5) is 0 Å². The Balaban J connectivity index is 2.22. The number of furan rings is 1. The zero-order valence-corrected chi connectivity index (χ0v) is 8.45. The van der Waals surface area contributed by atoms with Crippen LogP contribution in [0, 0.1) is 0 Å². The highest BCUT2D eigenvalue weighted by atomic mass is 35.5. The molecule has 4 heteroatoms. The lowest BCUT2D eigenvalue weighted by Gasteiger charge is -1.87. The van der Waals surface area contributed by atoms with Gasteiger partial charge in [0.15, 0.2) is 0 Å². The Morgan fingerprint density at radius 3 is 3.00 bits per heavy atom. The van der Waals surface area contributed by atoms with E-state index in [4.69, 9.17) is 16.0 Å². The lowest BCUT2D eigenvalue weighted by molar-refractivity contribution is 0.568. The summed E-state index contributed by atoms with van der Waals surface area (Å²) in [5, 5.41) is 0.699. The first-order valence-corrected chi connectivity index (χ1v) is 4.88. The van der Waals surface area contributed by atoms with Gasteiger partial charge in [0.25, 0.3) is 0 Å². The molecule has 0 atom stereocenters. The maximum Gasteiger partial charge on any atom is 0.141 e. The summed E-state index contributed by atoms with van der Waals surface area (Å²) in [7, 11) is 0. The standard InChI is InChI=1S/C11H7ClN2O/c12-8-1-2-9-10(5-8)14-11(13-9)7-3-4-15-6-7/h1-6H,(H,13,14). The Morgan fingerprint density at radius 1 is 1.27 bits per heavy atom. The lowest BCUT2D eigenvalue weighted by Crippen LogP contribution is -1.73. The SMILES string of the molecule is Clc1ccc2nc(-c3ccoc3)[nH]c2c1. The normalized spacial score (nSPS) is 11.0. The van der Waals surface area contributed by atoms with E-state index in [-0.39, 0.29) is 0 Å². The second-order valence-electron chi connectivity index (χ2n) is 3.26. The Morgan fingerprint density at radius 2 is 2.20 bits per heavy atom. The highest BCUT2D eigenvalue weighted by molar-refractivity contribution is 6.31. The molecule has 0 aliphatic heterocycles. The summed E-state index contributed by atoms with van der Waals surface area (Å²) >= 11 is 5.89. The number of aromatic nitrogens is 2. The molecule has 0 amide bonds. The first kappa shape index (κ1) is 8.56. The first-order valence-electron chi connectivity index (χ1n) is 4.51. The van der Waals surface area contributed by atoms with E-state index in [1.807, 2.05) is 24.3 Å². The van der Waals surface area contributed by atoms with Crippen LogP contribution in [0.2, 0.25) is 5.02 Å². The molecule has 15 heavy (non-hydrogen) atoms. The van der Waals surface area contributed by atoms with Crippen molar-refractivity contribution in [3.63, 3.8) is 0 Å². The fourth-order valence-electron chi connectivity index (χ4n) is 1.52. The lowest BCUT2D eigenvalue weighted by atomic mass is 10.3. The molecule has 0 saturated heterocycles.